The number of amidine groups is 1. The number of nitrogens with one attached hydrogen (secondary N) is 2. The first-order chi connectivity index (χ1) is 14.7. The van der Waals surface area contributed by atoms with Crippen LogP contribution in [0.3, 0.4) is 0 Å². The number of carbonyl (C=O) groups excluding carboxylic acids is 1. The van der Waals surface area contributed by atoms with Crippen molar-refractivity contribution < 1.29 is 26.4 Å². The number of alkyl halides is 3. The summed E-state index contributed by atoms with van der Waals surface area (Å²) in [5.41, 5.74) is 0.197. The van der Waals surface area contributed by atoms with Crippen molar-refractivity contribution in [3.63, 3.8) is 0 Å². The Kier molecular flexibility index (Phi) is 6.99. The number of hydrogen-bond acceptors (Lipinski definition) is 4. The molecule has 0 radical (unpaired) electrons. The van der Waals surface area contributed by atoms with E-state index in [-0.39, 0.29) is 23.8 Å². The molecular formula is C21H22F3N3O3S. The van der Waals surface area contributed by atoms with Gasteiger partial charge in [0.15, 0.2) is 0 Å². The number of amides is 1. The van der Waals surface area contributed by atoms with E-state index in [0.29, 0.717) is 42.8 Å². The third-order valence-electron chi connectivity index (χ3n) is 4.74. The van der Waals surface area contributed by atoms with Crippen molar-refractivity contribution in [3.8, 4) is 0 Å². The molecule has 10 heteroatoms. The third kappa shape index (κ3) is 6.06. The molecule has 0 bridgehead atoms. The summed E-state index contributed by atoms with van der Waals surface area (Å²) in [6.45, 7) is 0.452. The van der Waals surface area contributed by atoms with Gasteiger partial charge in [0.2, 0.25) is 5.91 Å². The molecule has 2 aromatic carbocycles. The van der Waals surface area contributed by atoms with Gasteiger partial charge >= 0.3 is 6.18 Å². The Bertz CT molecular complexity index is 1080. The number of aliphatic imine (C=N–C) groups is 1. The Morgan fingerprint density at radius 1 is 1.03 bits per heavy atom. The molecule has 1 heterocycles. The molecular weight excluding hydrogens is 431 g/mol. The summed E-state index contributed by atoms with van der Waals surface area (Å²) in [7, 11) is -3.55. The van der Waals surface area contributed by atoms with Gasteiger partial charge < -0.3 is 5.32 Å². The van der Waals surface area contributed by atoms with Crippen LogP contribution in [-0.2, 0) is 27.5 Å². The van der Waals surface area contributed by atoms with E-state index >= 15 is 0 Å². The van der Waals surface area contributed by atoms with Crippen LogP contribution >= 0.6 is 0 Å². The third-order valence-corrected chi connectivity index (χ3v) is 6.14. The first-order valence-electron chi connectivity index (χ1n) is 9.76. The number of benzene rings is 2. The second kappa shape index (κ2) is 9.51. The maximum absolute atomic E-state index is 12.7. The lowest BCUT2D eigenvalue weighted by molar-refractivity contribution is -0.137. The predicted molar refractivity (Wildman–Crippen MR) is 110 cm³/mol. The van der Waals surface area contributed by atoms with Gasteiger partial charge in [-0.05, 0) is 42.7 Å². The van der Waals surface area contributed by atoms with Gasteiger partial charge in [-0.3, -0.25) is 14.5 Å². The van der Waals surface area contributed by atoms with Crippen LogP contribution in [0.4, 0.5) is 13.2 Å². The molecule has 31 heavy (non-hydrogen) atoms. The average molecular weight is 453 g/mol. The van der Waals surface area contributed by atoms with E-state index in [1.54, 1.807) is 18.2 Å². The van der Waals surface area contributed by atoms with Crippen molar-refractivity contribution in [3.05, 3.63) is 65.2 Å². The number of unbranched alkanes of at least 4 members (excludes halogenated alkanes) is 2. The van der Waals surface area contributed by atoms with E-state index in [4.69, 9.17) is 0 Å². The molecule has 0 spiro atoms. The Balaban J connectivity index is 1.37. The number of sulfonamides is 1. The van der Waals surface area contributed by atoms with Gasteiger partial charge in [-0.2, -0.15) is 13.2 Å². The first kappa shape index (κ1) is 22.8. The van der Waals surface area contributed by atoms with E-state index in [0.717, 1.165) is 12.1 Å². The SMILES string of the molecule is O=C(CCCCCN=C1NS(=O)(=O)c2ccccc21)NCc1cccc(C(F)(F)F)c1. The molecule has 0 aromatic heterocycles. The Morgan fingerprint density at radius 2 is 1.81 bits per heavy atom. The largest absolute Gasteiger partial charge is 0.416 e. The Hall–Kier alpha value is -2.88. The van der Waals surface area contributed by atoms with E-state index in [9.17, 15) is 26.4 Å². The maximum atomic E-state index is 12.7. The summed E-state index contributed by atoms with van der Waals surface area (Å²) in [6, 6.07) is 11.5. The maximum Gasteiger partial charge on any atom is 0.416 e. The molecule has 0 saturated carbocycles. The molecule has 0 saturated heterocycles. The quantitative estimate of drug-likeness (QED) is 0.599. The molecule has 6 nitrogen and oxygen atoms in total. The van der Waals surface area contributed by atoms with Crippen LogP contribution in [0.2, 0.25) is 0 Å². The summed E-state index contributed by atoms with van der Waals surface area (Å²) < 4.78 is 64.6. The average Bonchev–Trinajstić information content (AvgIpc) is 2.99. The summed E-state index contributed by atoms with van der Waals surface area (Å²) >= 11 is 0. The highest BCUT2D eigenvalue weighted by Gasteiger charge is 2.30. The van der Waals surface area contributed by atoms with Crippen LogP contribution in [0.1, 0.15) is 42.4 Å². The van der Waals surface area contributed by atoms with Crippen LogP contribution in [0.15, 0.2) is 58.4 Å². The van der Waals surface area contributed by atoms with Crippen molar-refractivity contribution >= 4 is 21.8 Å². The molecule has 2 N–H and O–H groups in total. The lowest BCUT2D eigenvalue weighted by Crippen LogP contribution is -2.23. The predicted octanol–water partition coefficient (Wildman–Crippen LogP) is 3.62. The van der Waals surface area contributed by atoms with E-state index in [1.165, 1.54) is 18.2 Å². The molecule has 1 aliphatic rings. The van der Waals surface area contributed by atoms with Gasteiger partial charge in [0.1, 0.15) is 5.84 Å². The van der Waals surface area contributed by atoms with Crippen molar-refractivity contribution in [1.82, 2.24) is 10.0 Å². The smallest absolute Gasteiger partial charge is 0.352 e. The minimum atomic E-state index is -4.41. The zero-order valence-corrected chi connectivity index (χ0v) is 17.4. The highest BCUT2D eigenvalue weighted by atomic mass is 32.2. The van der Waals surface area contributed by atoms with Gasteiger partial charge in [0, 0.05) is 25.1 Å². The van der Waals surface area contributed by atoms with Crippen LogP contribution in [0.5, 0.6) is 0 Å². The fourth-order valence-corrected chi connectivity index (χ4v) is 4.41. The molecule has 2 aromatic rings. The van der Waals surface area contributed by atoms with Crippen molar-refractivity contribution in [2.24, 2.45) is 4.99 Å². The zero-order chi connectivity index (χ0) is 22.5. The highest BCUT2D eigenvalue weighted by molar-refractivity contribution is 7.90. The fraction of sp³-hybridized carbons (Fsp3) is 0.333. The molecule has 0 unspecified atom stereocenters. The lowest BCUT2D eigenvalue weighted by Gasteiger charge is -2.09. The standard InChI is InChI=1S/C21H22F3N3O3S/c22-21(23,24)16-8-6-7-15(13-16)14-26-19(28)11-2-1-5-12-25-20-17-9-3-4-10-18(17)31(29,30)27-20/h3-4,6-10,13H,1-2,5,11-12,14H2,(H,25,27)(H,26,28). The van der Waals surface area contributed by atoms with Crippen molar-refractivity contribution in [2.75, 3.05) is 6.54 Å². The van der Waals surface area contributed by atoms with Crippen LogP contribution in [0, 0.1) is 0 Å². The second-order valence-corrected chi connectivity index (χ2v) is 8.77. The number of carbonyl (C=O) groups is 1. The number of halogens is 3. The minimum Gasteiger partial charge on any atom is -0.352 e. The molecule has 166 valence electrons. The number of hydrogen-bond donors (Lipinski definition) is 2. The van der Waals surface area contributed by atoms with Gasteiger partial charge in [-0.15, -0.1) is 0 Å². The summed E-state index contributed by atoms with van der Waals surface area (Å²) in [4.78, 5) is 16.4. The van der Waals surface area contributed by atoms with E-state index in [1.807, 2.05) is 0 Å². The van der Waals surface area contributed by atoms with Crippen LogP contribution in [0.25, 0.3) is 0 Å². The summed E-state index contributed by atoms with van der Waals surface area (Å²) in [6.07, 6.45) is -2.17. The molecule has 0 aliphatic carbocycles. The van der Waals surface area contributed by atoms with Crippen LogP contribution < -0.4 is 10.0 Å². The van der Waals surface area contributed by atoms with Gasteiger partial charge in [-0.1, -0.05) is 30.7 Å². The minimum absolute atomic E-state index is 0.0377. The fourth-order valence-electron chi connectivity index (χ4n) is 3.16. The van der Waals surface area contributed by atoms with E-state index in [2.05, 4.69) is 15.0 Å². The lowest BCUT2D eigenvalue weighted by atomic mass is 10.1. The van der Waals surface area contributed by atoms with E-state index < -0.39 is 21.8 Å². The highest BCUT2D eigenvalue weighted by Crippen LogP contribution is 2.29. The molecule has 1 aliphatic heterocycles. The molecule has 0 fully saturated rings. The second-order valence-electron chi connectivity index (χ2n) is 7.12. The summed E-state index contributed by atoms with van der Waals surface area (Å²) in [5, 5.41) is 2.62. The Morgan fingerprint density at radius 3 is 2.58 bits per heavy atom. The first-order valence-corrected chi connectivity index (χ1v) is 11.2. The topological polar surface area (TPSA) is 87.6 Å². The molecule has 0 atom stereocenters. The van der Waals surface area contributed by atoms with Crippen molar-refractivity contribution in [2.45, 2.75) is 43.3 Å². The number of rotatable bonds is 8. The molecule has 3 rings (SSSR count). The van der Waals surface area contributed by atoms with Crippen molar-refractivity contribution in [1.29, 1.82) is 0 Å². The van der Waals surface area contributed by atoms with Gasteiger partial charge in [0.25, 0.3) is 10.0 Å². The van der Waals surface area contributed by atoms with Crippen LogP contribution in [-0.4, -0.2) is 26.7 Å². The zero-order valence-electron chi connectivity index (χ0n) is 16.6. The van der Waals surface area contributed by atoms with Gasteiger partial charge in [0.05, 0.1) is 10.5 Å². The summed E-state index contributed by atoms with van der Waals surface area (Å²) in [5.74, 6) is 0.0932. The normalized spacial score (nSPS) is 16.0. The number of nitrogens with zero attached hydrogens (tertiary/aromatic N) is 1. The van der Waals surface area contributed by atoms with Gasteiger partial charge in [-0.25, -0.2) is 8.42 Å². The monoisotopic (exact) mass is 453 g/mol. The Labute approximate surface area is 178 Å². The number of fused-ring (bicyclic) bond motifs is 1. The molecule has 1 amide bonds.